The van der Waals surface area contributed by atoms with Crippen molar-refractivity contribution in [1.82, 2.24) is 20.2 Å². The van der Waals surface area contributed by atoms with Crippen molar-refractivity contribution in [3.8, 4) is 0 Å². The predicted octanol–water partition coefficient (Wildman–Crippen LogP) is 3.91. The number of nitrogens with zero attached hydrogens (tertiary/aromatic N) is 3. The second-order valence-electron chi connectivity index (χ2n) is 6.35. The SMILES string of the molecule is Cc1cc(C(=O)N/N=C/c2cn(Cc3ccccc3)c3ccccc23)n[nH]1.Cl. The summed E-state index contributed by atoms with van der Waals surface area (Å²) in [4.78, 5) is 12.0. The van der Waals surface area contributed by atoms with Crippen LogP contribution in [0.4, 0.5) is 0 Å². The third-order valence-electron chi connectivity index (χ3n) is 4.32. The number of aromatic nitrogens is 3. The molecule has 0 spiro atoms. The maximum Gasteiger partial charge on any atom is 0.291 e. The number of benzene rings is 2. The number of halogens is 1. The first-order chi connectivity index (χ1) is 13.2. The van der Waals surface area contributed by atoms with Crippen molar-refractivity contribution in [3.63, 3.8) is 0 Å². The van der Waals surface area contributed by atoms with E-state index in [0.717, 1.165) is 28.7 Å². The quantitative estimate of drug-likeness (QED) is 0.398. The van der Waals surface area contributed by atoms with Gasteiger partial charge in [0.2, 0.25) is 0 Å². The number of aromatic amines is 1. The molecule has 0 aliphatic rings. The van der Waals surface area contributed by atoms with Crippen molar-refractivity contribution in [2.75, 3.05) is 0 Å². The Morgan fingerprint density at radius 2 is 1.93 bits per heavy atom. The summed E-state index contributed by atoms with van der Waals surface area (Å²) in [7, 11) is 0. The molecule has 0 saturated carbocycles. The molecular weight excluding hydrogens is 374 g/mol. The first kappa shape index (κ1) is 19.4. The number of para-hydroxylation sites is 1. The molecule has 6 nitrogen and oxygen atoms in total. The van der Waals surface area contributed by atoms with Gasteiger partial charge >= 0.3 is 0 Å². The number of rotatable bonds is 5. The third kappa shape index (κ3) is 4.13. The van der Waals surface area contributed by atoms with E-state index in [1.54, 1.807) is 12.3 Å². The first-order valence-corrected chi connectivity index (χ1v) is 8.68. The van der Waals surface area contributed by atoms with Crippen molar-refractivity contribution < 1.29 is 4.79 Å². The highest BCUT2D eigenvalue weighted by Crippen LogP contribution is 2.21. The molecule has 0 fully saturated rings. The number of hydrazone groups is 1. The summed E-state index contributed by atoms with van der Waals surface area (Å²) < 4.78 is 2.19. The van der Waals surface area contributed by atoms with E-state index >= 15 is 0 Å². The van der Waals surface area contributed by atoms with Crippen LogP contribution in [0.5, 0.6) is 0 Å². The highest BCUT2D eigenvalue weighted by Gasteiger charge is 2.09. The lowest BCUT2D eigenvalue weighted by Gasteiger charge is -2.05. The molecule has 2 aromatic heterocycles. The Hall–Kier alpha value is -3.38. The van der Waals surface area contributed by atoms with E-state index in [2.05, 4.69) is 49.6 Å². The molecule has 0 bridgehead atoms. The van der Waals surface area contributed by atoms with Gasteiger partial charge in [0.15, 0.2) is 5.69 Å². The zero-order chi connectivity index (χ0) is 18.6. The molecule has 0 saturated heterocycles. The Kier molecular flexibility index (Phi) is 5.91. The van der Waals surface area contributed by atoms with E-state index in [4.69, 9.17) is 0 Å². The molecule has 4 aromatic rings. The van der Waals surface area contributed by atoms with Crippen LogP contribution in [-0.4, -0.2) is 26.9 Å². The van der Waals surface area contributed by atoms with Crippen molar-refractivity contribution in [1.29, 1.82) is 0 Å². The van der Waals surface area contributed by atoms with Gasteiger partial charge in [-0.05, 0) is 24.6 Å². The summed E-state index contributed by atoms with van der Waals surface area (Å²) in [6.45, 7) is 2.61. The Balaban J connectivity index is 0.00000225. The molecule has 0 unspecified atom stereocenters. The molecule has 0 atom stereocenters. The Morgan fingerprint density at radius 1 is 1.18 bits per heavy atom. The van der Waals surface area contributed by atoms with Crippen molar-refractivity contribution in [3.05, 3.63) is 89.4 Å². The number of hydrogen-bond donors (Lipinski definition) is 2. The molecule has 0 aliphatic heterocycles. The van der Waals surface area contributed by atoms with Gasteiger partial charge in [0, 0.05) is 34.9 Å². The lowest BCUT2D eigenvalue weighted by Crippen LogP contribution is -2.17. The zero-order valence-electron chi connectivity index (χ0n) is 15.3. The Bertz CT molecular complexity index is 1110. The molecule has 1 amide bonds. The van der Waals surface area contributed by atoms with Crippen LogP contribution in [0.15, 0.2) is 72.0 Å². The van der Waals surface area contributed by atoms with E-state index in [9.17, 15) is 4.79 Å². The number of aryl methyl sites for hydroxylation is 1. The number of H-pyrrole nitrogens is 1. The van der Waals surface area contributed by atoms with E-state index in [-0.39, 0.29) is 18.3 Å². The maximum absolute atomic E-state index is 12.0. The van der Waals surface area contributed by atoms with Gasteiger partial charge in [-0.15, -0.1) is 12.4 Å². The number of carbonyl (C=O) groups is 1. The Morgan fingerprint density at radius 3 is 2.68 bits per heavy atom. The largest absolute Gasteiger partial charge is 0.342 e. The van der Waals surface area contributed by atoms with Gasteiger partial charge in [-0.25, -0.2) is 5.43 Å². The molecule has 2 heterocycles. The lowest BCUT2D eigenvalue weighted by atomic mass is 10.2. The predicted molar refractivity (Wildman–Crippen MR) is 113 cm³/mol. The summed E-state index contributed by atoms with van der Waals surface area (Å²) in [5, 5.41) is 11.9. The van der Waals surface area contributed by atoms with Crippen LogP contribution < -0.4 is 5.43 Å². The number of hydrogen-bond acceptors (Lipinski definition) is 3. The number of carbonyl (C=O) groups excluding carboxylic acids is 1. The monoisotopic (exact) mass is 393 g/mol. The van der Waals surface area contributed by atoms with Crippen LogP contribution in [0, 0.1) is 6.92 Å². The molecule has 28 heavy (non-hydrogen) atoms. The summed E-state index contributed by atoms with van der Waals surface area (Å²) in [5.41, 5.74) is 6.96. The normalized spacial score (nSPS) is 10.9. The highest BCUT2D eigenvalue weighted by atomic mass is 35.5. The van der Waals surface area contributed by atoms with Gasteiger partial charge in [-0.3, -0.25) is 9.89 Å². The lowest BCUT2D eigenvalue weighted by molar-refractivity contribution is 0.0950. The van der Waals surface area contributed by atoms with Crippen LogP contribution >= 0.6 is 12.4 Å². The van der Waals surface area contributed by atoms with Crippen LogP contribution in [0.2, 0.25) is 0 Å². The number of amides is 1. The van der Waals surface area contributed by atoms with E-state index < -0.39 is 0 Å². The second kappa shape index (κ2) is 8.54. The third-order valence-corrected chi connectivity index (χ3v) is 4.32. The number of nitrogens with one attached hydrogen (secondary N) is 2. The summed E-state index contributed by atoms with van der Waals surface area (Å²) in [6, 6.07) is 20.1. The first-order valence-electron chi connectivity index (χ1n) is 8.68. The van der Waals surface area contributed by atoms with Crippen LogP contribution in [-0.2, 0) is 6.54 Å². The van der Waals surface area contributed by atoms with Gasteiger partial charge in [-0.2, -0.15) is 10.2 Å². The van der Waals surface area contributed by atoms with Crippen LogP contribution in [0.25, 0.3) is 10.9 Å². The van der Waals surface area contributed by atoms with Gasteiger partial charge in [0.25, 0.3) is 5.91 Å². The molecule has 7 heteroatoms. The van der Waals surface area contributed by atoms with E-state index in [1.807, 2.05) is 43.5 Å². The standard InChI is InChI=1S/C21H19N5O.ClH/c1-15-11-19(24-23-15)21(27)25-22-12-17-14-26(13-16-7-3-2-4-8-16)20-10-6-5-9-18(17)20;/h2-12,14H,13H2,1H3,(H,23,24)(H,25,27);1H/b22-12+;. The molecule has 0 radical (unpaired) electrons. The average molecular weight is 394 g/mol. The summed E-state index contributed by atoms with van der Waals surface area (Å²) in [6.07, 6.45) is 3.72. The molecule has 4 rings (SSSR count). The van der Waals surface area contributed by atoms with Crippen molar-refractivity contribution in [2.24, 2.45) is 5.10 Å². The van der Waals surface area contributed by atoms with E-state index in [0.29, 0.717) is 5.69 Å². The maximum atomic E-state index is 12.0. The topological polar surface area (TPSA) is 75.1 Å². The fourth-order valence-corrected chi connectivity index (χ4v) is 3.04. The van der Waals surface area contributed by atoms with E-state index in [1.165, 1.54) is 5.56 Å². The second-order valence-corrected chi connectivity index (χ2v) is 6.35. The molecule has 0 aliphatic carbocycles. The average Bonchev–Trinajstić information content (AvgIpc) is 3.27. The molecule has 142 valence electrons. The van der Waals surface area contributed by atoms with Gasteiger partial charge in [0.05, 0.1) is 6.21 Å². The van der Waals surface area contributed by atoms with Crippen molar-refractivity contribution >= 4 is 35.4 Å². The minimum absolute atomic E-state index is 0. The van der Waals surface area contributed by atoms with Crippen LogP contribution in [0.1, 0.15) is 27.3 Å². The smallest absolute Gasteiger partial charge is 0.291 e. The minimum atomic E-state index is -0.344. The molecule has 2 aromatic carbocycles. The fourth-order valence-electron chi connectivity index (χ4n) is 3.04. The van der Waals surface area contributed by atoms with Gasteiger partial charge in [0.1, 0.15) is 0 Å². The Labute approximate surface area is 168 Å². The fraction of sp³-hybridized carbons (Fsp3) is 0.0952. The van der Waals surface area contributed by atoms with Crippen LogP contribution in [0.3, 0.4) is 0 Å². The van der Waals surface area contributed by atoms with Crippen molar-refractivity contribution in [2.45, 2.75) is 13.5 Å². The minimum Gasteiger partial charge on any atom is -0.342 e. The van der Waals surface area contributed by atoms with Gasteiger partial charge < -0.3 is 4.57 Å². The zero-order valence-corrected chi connectivity index (χ0v) is 16.1. The van der Waals surface area contributed by atoms with Gasteiger partial charge in [-0.1, -0.05) is 48.5 Å². The number of fused-ring (bicyclic) bond motifs is 1. The summed E-state index contributed by atoms with van der Waals surface area (Å²) >= 11 is 0. The highest BCUT2D eigenvalue weighted by molar-refractivity contribution is 6.00. The summed E-state index contributed by atoms with van der Waals surface area (Å²) in [5.74, 6) is -0.344. The molecule has 2 N–H and O–H groups in total. The molecular formula is C21H20ClN5O.